The number of hydrogen-bond acceptors (Lipinski definition) is 3. The van der Waals surface area contributed by atoms with Crippen molar-refractivity contribution in [3.63, 3.8) is 0 Å². The van der Waals surface area contributed by atoms with Crippen molar-refractivity contribution < 1.29 is 5.11 Å². The predicted molar refractivity (Wildman–Crippen MR) is 119 cm³/mol. The number of thiocarbonyl (C=S) groups is 1. The molecular formula is C22H25N3O2S. The Kier molecular flexibility index (Phi) is 6.44. The van der Waals surface area contributed by atoms with E-state index in [9.17, 15) is 9.90 Å². The first-order valence-corrected chi connectivity index (χ1v) is 9.79. The normalized spacial score (nSPS) is 10.8. The van der Waals surface area contributed by atoms with E-state index in [0.717, 1.165) is 28.6 Å². The van der Waals surface area contributed by atoms with Crippen LogP contribution in [0.3, 0.4) is 0 Å². The van der Waals surface area contributed by atoms with Gasteiger partial charge in [0.1, 0.15) is 0 Å². The van der Waals surface area contributed by atoms with E-state index in [1.165, 1.54) is 5.56 Å². The molecule has 28 heavy (non-hydrogen) atoms. The number of fused-ring (bicyclic) bond motifs is 1. The van der Waals surface area contributed by atoms with Gasteiger partial charge in [-0.25, -0.2) is 0 Å². The molecule has 0 unspecified atom stereocenters. The molecular weight excluding hydrogens is 370 g/mol. The molecule has 3 N–H and O–H groups in total. The maximum atomic E-state index is 12.5. The smallest absolute Gasteiger partial charge is 0.253 e. The van der Waals surface area contributed by atoms with Crippen LogP contribution in [-0.2, 0) is 13.0 Å². The molecule has 3 aromatic rings. The van der Waals surface area contributed by atoms with Gasteiger partial charge in [0.05, 0.1) is 13.2 Å². The Labute approximate surface area is 170 Å². The van der Waals surface area contributed by atoms with Gasteiger partial charge in [0.15, 0.2) is 5.11 Å². The van der Waals surface area contributed by atoms with Crippen LogP contribution in [0.15, 0.2) is 53.3 Å². The summed E-state index contributed by atoms with van der Waals surface area (Å²) >= 11 is 5.54. The summed E-state index contributed by atoms with van der Waals surface area (Å²) in [5.41, 5.74) is 4.52. The van der Waals surface area contributed by atoms with Gasteiger partial charge in [-0.3, -0.25) is 4.79 Å². The Bertz CT molecular complexity index is 1050. The van der Waals surface area contributed by atoms with Crippen LogP contribution >= 0.6 is 12.2 Å². The number of benzene rings is 2. The Hall–Kier alpha value is -2.70. The van der Waals surface area contributed by atoms with Crippen molar-refractivity contribution >= 4 is 33.9 Å². The van der Waals surface area contributed by atoms with Crippen LogP contribution in [0.2, 0.25) is 0 Å². The second kappa shape index (κ2) is 8.99. The lowest BCUT2D eigenvalue weighted by Crippen LogP contribution is -2.37. The maximum Gasteiger partial charge on any atom is 0.253 e. The first-order chi connectivity index (χ1) is 13.5. The molecule has 0 aliphatic heterocycles. The van der Waals surface area contributed by atoms with E-state index in [1.807, 2.05) is 49.4 Å². The number of pyridine rings is 1. The van der Waals surface area contributed by atoms with Gasteiger partial charge in [-0.2, -0.15) is 0 Å². The molecule has 2 aromatic carbocycles. The third-order valence-corrected chi connectivity index (χ3v) is 5.04. The number of aliphatic hydroxyl groups is 1. The Balaban J connectivity index is 1.85. The number of aromatic amines is 1. The number of nitrogens with zero attached hydrogens (tertiary/aromatic N) is 1. The summed E-state index contributed by atoms with van der Waals surface area (Å²) in [4.78, 5) is 17.3. The Morgan fingerprint density at radius 1 is 1.21 bits per heavy atom. The molecule has 0 amide bonds. The van der Waals surface area contributed by atoms with Gasteiger partial charge in [0.2, 0.25) is 0 Å². The zero-order valence-electron chi connectivity index (χ0n) is 16.2. The molecule has 6 heteroatoms. The highest BCUT2D eigenvalue weighted by Crippen LogP contribution is 2.16. The number of H-pyrrole nitrogens is 1. The van der Waals surface area contributed by atoms with Crippen LogP contribution < -0.4 is 10.9 Å². The van der Waals surface area contributed by atoms with E-state index < -0.39 is 0 Å². The molecule has 0 aliphatic rings. The lowest BCUT2D eigenvalue weighted by molar-refractivity contribution is 0.248. The molecule has 0 saturated heterocycles. The summed E-state index contributed by atoms with van der Waals surface area (Å²) in [7, 11) is 0. The largest absolute Gasteiger partial charge is 0.395 e. The van der Waals surface area contributed by atoms with Crippen molar-refractivity contribution in [3.8, 4) is 0 Å². The third-order valence-electron chi connectivity index (χ3n) is 4.68. The fraction of sp³-hybridized carbons (Fsp3) is 0.273. The number of rotatable bonds is 6. The van der Waals surface area contributed by atoms with Gasteiger partial charge in [-0.05, 0) is 72.4 Å². The Morgan fingerprint density at radius 2 is 2.04 bits per heavy atom. The average Bonchev–Trinajstić information content (AvgIpc) is 2.67. The predicted octanol–water partition coefficient (Wildman–Crippen LogP) is 3.59. The summed E-state index contributed by atoms with van der Waals surface area (Å²) in [6.07, 6.45) is 0.936. The average molecular weight is 396 g/mol. The van der Waals surface area contributed by atoms with E-state index in [2.05, 4.69) is 23.3 Å². The second-order valence-corrected chi connectivity index (χ2v) is 7.23. The summed E-state index contributed by atoms with van der Waals surface area (Å²) in [5.74, 6) is 0. The van der Waals surface area contributed by atoms with Crippen molar-refractivity contribution in [2.75, 3.05) is 18.5 Å². The number of aryl methyl sites for hydroxylation is 2. The molecule has 0 atom stereocenters. The molecule has 5 nitrogen and oxygen atoms in total. The number of nitrogens with one attached hydrogen (secondary N) is 2. The SMILES string of the molecule is CCc1ccc2[nH]c(=O)c(CN(CCO)C(=S)Nc3cccc(C)c3)cc2c1. The minimum absolute atomic E-state index is 0.0545. The number of anilines is 1. The third kappa shape index (κ3) is 4.77. The van der Waals surface area contributed by atoms with Crippen LogP contribution in [0.1, 0.15) is 23.6 Å². The van der Waals surface area contributed by atoms with E-state index in [0.29, 0.717) is 23.8 Å². The molecule has 0 bridgehead atoms. The van der Waals surface area contributed by atoms with Gasteiger partial charge in [-0.1, -0.05) is 25.1 Å². The molecule has 0 radical (unpaired) electrons. The number of aromatic nitrogens is 1. The Morgan fingerprint density at radius 3 is 2.75 bits per heavy atom. The molecule has 0 spiro atoms. The molecule has 146 valence electrons. The highest BCUT2D eigenvalue weighted by atomic mass is 32.1. The van der Waals surface area contributed by atoms with Crippen LogP contribution in [0.25, 0.3) is 10.9 Å². The van der Waals surface area contributed by atoms with Crippen molar-refractivity contribution in [1.29, 1.82) is 0 Å². The first-order valence-electron chi connectivity index (χ1n) is 9.38. The van der Waals surface area contributed by atoms with Crippen molar-refractivity contribution in [2.45, 2.75) is 26.8 Å². The highest BCUT2D eigenvalue weighted by Gasteiger charge is 2.13. The summed E-state index contributed by atoms with van der Waals surface area (Å²) in [6, 6.07) is 15.9. The zero-order chi connectivity index (χ0) is 20.1. The van der Waals surface area contributed by atoms with Crippen LogP contribution in [0.5, 0.6) is 0 Å². The van der Waals surface area contributed by atoms with Crippen LogP contribution in [0.4, 0.5) is 5.69 Å². The van der Waals surface area contributed by atoms with Crippen LogP contribution in [-0.4, -0.2) is 33.3 Å². The van der Waals surface area contributed by atoms with Crippen molar-refractivity contribution in [2.24, 2.45) is 0 Å². The van der Waals surface area contributed by atoms with E-state index in [4.69, 9.17) is 12.2 Å². The summed E-state index contributed by atoms with van der Waals surface area (Å²) in [5, 5.41) is 14.1. The maximum absolute atomic E-state index is 12.5. The number of hydrogen-bond donors (Lipinski definition) is 3. The quantitative estimate of drug-likeness (QED) is 0.557. The second-order valence-electron chi connectivity index (χ2n) is 6.84. The van der Waals surface area contributed by atoms with Crippen molar-refractivity contribution in [3.05, 3.63) is 75.6 Å². The zero-order valence-corrected chi connectivity index (χ0v) is 17.0. The summed E-state index contributed by atoms with van der Waals surface area (Å²) in [6.45, 7) is 4.72. The standard InChI is InChI=1S/C22H25N3O2S/c1-3-16-7-8-20-17(12-16)13-18(21(27)24-20)14-25(9-10-26)22(28)23-19-6-4-5-15(2)11-19/h4-8,11-13,26H,3,9-10,14H2,1-2H3,(H,23,28)(H,24,27). The van der Waals surface area contributed by atoms with Crippen LogP contribution in [0, 0.1) is 6.92 Å². The number of aliphatic hydroxyl groups excluding tert-OH is 1. The lowest BCUT2D eigenvalue weighted by Gasteiger charge is -2.25. The molecule has 0 fully saturated rings. The fourth-order valence-corrected chi connectivity index (χ4v) is 3.42. The monoisotopic (exact) mass is 395 g/mol. The molecule has 1 aromatic heterocycles. The van der Waals surface area contributed by atoms with E-state index in [-0.39, 0.29) is 12.2 Å². The molecule has 3 rings (SSSR count). The topological polar surface area (TPSA) is 68.4 Å². The van der Waals surface area contributed by atoms with Gasteiger partial charge >= 0.3 is 0 Å². The van der Waals surface area contributed by atoms with E-state index in [1.54, 1.807) is 4.90 Å². The minimum Gasteiger partial charge on any atom is -0.395 e. The van der Waals surface area contributed by atoms with Gasteiger partial charge in [0.25, 0.3) is 5.56 Å². The van der Waals surface area contributed by atoms with Crippen molar-refractivity contribution in [1.82, 2.24) is 9.88 Å². The summed E-state index contributed by atoms with van der Waals surface area (Å²) < 4.78 is 0. The van der Waals surface area contributed by atoms with Gasteiger partial charge in [-0.15, -0.1) is 0 Å². The molecule has 0 saturated carbocycles. The fourth-order valence-electron chi connectivity index (χ4n) is 3.14. The minimum atomic E-state index is -0.141. The lowest BCUT2D eigenvalue weighted by atomic mass is 10.1. The first kappa shape index (κ1) is 20.0. The van der Waals surface area contributed by atoms with Gasteiger partial charge < -0.3 is 20.3 Å². The van der Waals surface area contributed by atoms with Gasteiger partial charge in [0, 0.05) is 23.3 Å². The van der Waals surface area contributed by atoms with E-state index >= 15 is 0 Å². The highest BCUT2D eigenvalue weighted by molar-refractivity contribution is 7.80. The molecule has 1 heterocycles. The molecule has 0 aliphatic carbocycles.